The Labute approximate surface area is 123 Å². The maximum absolute atomic E-state index is 8.92. The molecule has 1 nitrogen and oxygen atoms in total. The molecule has 1 fully saturated rings. The standard InChI is InChI=1S/C10H8BrN.C7H8/c11-9-3-1-8(2-4-9)10(7-12)5-6-10;1-7-5-3-2-4-6-7/h1-4H,5-6H2;2-6H,1H3. The smallest absolute Gasteiger partial charge is 0.0823 e. The van der Waals surface area contributed by atoms with Crippen LogP contribution in [0.15, 0.2) is 59.1 Å². The van der Waals surface area contributed by atoms with Crippen molar-refractivity contribution in [2.45, 2.75) is 25.2 Å². The lowest BCUT2D eigenvalue weighted by Gasteiger charge is -2.04. The molecular weight excluding hydrogens is 298 g/mol. The summed E-state index contributed by atoms with van der Waals surface area (Å²) in [6.07, 6.45) is 2.04. The summed E-state index contributed by atoms with van der Waals surface area (Å²) in [5, 5.41) is 8.92. The molecule has 0 spiro atoms. The summed E-state index contributed by atoms with van der Waals surface area (Å²) in [7, 11) is 0. The van der Waals surface area contributed by atoms with E-state index in [1.807, 2.05) is 42.5 Å². The van der Waals surface area contributed by atoms with Gasteiger partial charge in [0.2, 0.25) is 0 Å². The van der Waals surface area contributed by atoms with Gasteiger partial charge in [-0.2, -0.15) is 5.26 Å². The third kappa shape index (κ3) is 3.68. The Kier molecular flexibility index (Phi) is 4.39. The minimum Gasteiger partial charge on any atom is -0.197 e. The number of aryl methyl sites for hydroxylation is 1. The minimum absolute atomic E-state index is 0.138. The van der Waals surface area contributed by atoms with E-state index in [0.717, 1.165) is 22.9 Å². The van der Waals surface area contributed by atoms with Gasteiger partial charge in [-0.25, -0.2) is 0 Å². The molecule has 2 heteroatoms. The maximum atomic E-state index is 8.92. The molecule has 0 heterocycles. The second-order valence-corrected chi connectivity index (χ2v) is 5.77. The molecule has 1 aliphatic rings. The average Bonchev–Trinajstić information content (AvgIpc) is 3.22. The van der Waals surface area contributed by atoms with Gasteiger partial charge in [-0.15, -0.1) is 0 Å². The zero-order chi connectivity index (χ0) is 13.7. The number of hydrogen-bond acceptors (Lipinski definition) is 1. The highest BCUT2D eigenvalue weighted by Crippen LogP contribution is 2.47. The van der Waals surface area contributed by atoms with E-state index in [9.17, 15) is 0 Å². The maximum Gasteiger partial charge on any atom is 0.0823 e. The van der Waals surface area contributed by atoms with Gasteiger partial charge in [0.1, 0.15) is 0 Å². The molecule has 2 aromatic carbocycles. The zero-order valence-corrected chi connectivity index (χ0v) is 12.5. The largest absolute Gasteiger partial charge is 0.197 e. The van der Waals surface area contributed by atoms with E-state index in [4.69, 9.17) is 5.26 Å². The fraction of sp³-hybridized carbons (Fsp3) is 0.235. The van der Waals surface area contributed by atoms with Crippen molar-refractivity contribution in [2.75, 3.05) is 0 Å². The van der Waals surface area contributed by atoms with Crippen molar-refractivity contribution in [2.24, 2.45) is 0 Å². The average molecular weight is 314 g/mol. The molecule has 0 unspecified atom stereocenters. The minimum atomic E-state index is -0.138. The van der Waals surface area contributed by atoms with Crippen LogP contribution >= 0.6 is 15.9 Å². The highest BCUT2D eigenvalue weighted by molar-refractivity contribution is 9.10. The van der Waals surface area contributed by atoms with Crippen LogP contribution in [0.5, 0.6) is 0 Å². The van der Waals surface area contributed by atoms with Crippen LogP contribution in [0.1, 0.15) is 24.0 Å². The number of benzene rings is 2. The van der Waals surface area contributed by atoms with Gasteiger partial charge < -0.3 is 0 Å². The van der Waals surface area contributed by atoms with E-state index in [1.54, 1.807) is 0 Å². The molecule has 0 saturated heterocycles. The molecule has 0 aliphatic heterocycles. The van der Waals surface area contributed by atoms with Crippen molar-refractivity contribution >= 4 is 15.9 Å². The van der Waals surface area contributed by atoms with Gasteiger partial charge in [0.25, 0.3) is 0 Å². The van der Waals surface area contributed by atoms with Gasteiger partial charge >= 0.3 is 0 Å². The topological polar surface area (TPSA) is 23.8 Å². The molecule has 96 valence electrons. The third-order valence-electron chi connectivity index (χ3n) is 3.30. The summed E-state index contributed by atoms with van der Waals surface area (Å²) in [4.78, 5) is 0. The summed E-state index contributed by atoms with van der Waals surface area (Å²) < 4.78 is 1.07. The van der Waals surface area contributed by atoms with Gasteiger partial charge in [0, 0.05) is 4.47 Å². The molecule has 3 rings (SSSR count). The summed E-state index contributed by atoms with van der Waals surface area (Å²) in [5.74, 6) is 0. The van der Waals surface area contributed by atoms with E-state index in [-0.39, 0.29) is 5.41 Å². The molecule has 0 bridgehead atoms. The Morgan fingerprint density at radius 1 is 1.00 bits per heavy atom. The number of halogens is 1. The van der Waals surface area contributed by atoms with Crippen LogP contribution in [0.25, 0.3) is 0 Å². The molecule has 0 atom stereocenters. The van der Waals surface area contributed by atoms with Crippen molar-refractivity contribution in [1.82, 2.24) is 0 Å². The molecule has 0 amide bonds. The van der Waals surface area contributed by atoms with Gasteiger partial charge in [-0.3, -0.25) is 0 Å². The second-order valence-electron chi connectivity index (χ2n) is 4.86. The number of hydrogen-bond donors (Lipinski definition) is 0. The zero-order valence-electron chi connectivity index (χ0n) is 10.9. The van der Waals surface area contributed by atoms with Crippen LogP contribution in [0.3, 0.4) is 0 Å². The predicted molar refractivity (Wildman–Crippen MR) is 81.8 cm³/mol. The molecule has 2 aromatic rings. The first-order chi connectivity index (χ1) is 9.16. The van der Waals surface area contributed by atoms with Crippen molar-refractivity contribution in [3.05, 3.63) is 70.2 Å². The Morgan fingerprint density at radius 2 is 1.58 bits per heavy atom. The molecule has 1 aliphatic carbocycles. The van der Waals surface area contributed by atoms with Crippen LogP contribution in [-0.2, 0) is 5.41 Å². The highest BCUT2D eigenvalue weighted by Gasteiger charge is 2.44. The molecule has 0 radical (unpaired) electrons. The van der Waals surface area contributed by atoms with Gasteiger partial charge in [0.05, 0.1) is 11.5 Å². The van der Waals surface area contributed by atoms with Crippen LogP contribution in [0.2, 0.25) is 0 Å². The predicted octanol–water partition coefficient (Wildman–Crippen LogP) is 5.00. The Hall–Kier alpha value is -1.59. The molecule has 1 saturated carbocycles. The third-order valence-corrected chi connectivity index (χ3v) is 3.83. The molecule has 19 heavy (non-hydrogen) atoms. The van der Waals surface area contributed by atoms with E-state index >= 15 is 0 Å². The van der Waals surface area contributed by atoms with E-state index < -0.39 is 0 Å². The quantitative estimate of drug-likeness (QED) is 0.726. The van der Waals surface area contributed by atoms with Gasteiger partial charge in [-0.1, -0.05) is 64.0 Å². The van der Waals surface area contributed by atoms with E-state index in [2.05, 4.69) is 41.1 Å². The molecule has 0 N–H and O–H groups in total. The highest BCUT2D eigenvalue weighted by atomic mass is 79.9. The van der Waals surface area contributed by atoms with E-state index in [1.165, 1.54) is 5.56 Å². The number of nitrogens with zero attached hydrogens (tertiary/aromatic N) is 1. The van der Waals surface area contributed by atoms with Gasteiger partial charge in [-0.05, 0) is 37.5 Å². The first-order valence-electron chi connectivity index (χ1n) is 6.35. The summed E-state index contributed by atoms with van der Waals surface area (Å²) in [6, 6.07) is 20.7. The van der Waals surface area contributed by atoms with Crippen molar-refractivity contribution in [3.63, 3.8) is 0 Å². The number of rotatable bonds is 1. The van der Waals surface area contributed by atoms with Crippen molar-refractivity contribution < 1.29 is 0 Å². The van der Waals surface area contributed by atoms with Gasteiger partial charge in [0.15, 0.2) is 0 Å². The summed E-state index contributed by atoms with van der Waals surface area (Å²) in [6.45, 7) is 2.08. The van der Waals surface area contributed by atoms with Crippen molar-refractivity contribution in [1.29, 1.82) is 5.26 Å². The lowest BCUT2D eigenvalue weighted by molar-refractivity contribution is 0.908. The molecular formula is C17H16BrN. The lowest BCUT2D eigenvalue weighted by atomic mass is 9.98. The van der Waals surface area contributed by atoms with E-state index in [0.29, 0.717) is 0 Å². The fourth-order valence-corrected chi connectivity index (χ4v) is 2.16. The summed E-state index contributed by atoms with van der Waals surface area (Å²) in [5.41, 5.74) is 2.34. The van der Waals surface area contributed by atoms with Crippen LogP contribution in [-0.4, -0.2) is 0 Å². The second kappa shape index (κ2) is 6.04. The summed E-state index contributed by atoms with van der Waals surface area (Å²) >= 11 is 3.37. The van der Waals surface area contributed by atoms with Crippen molar-refractivity contribution in [3.8, 4) is 6.07 Å². The SMILES string of the molecule is Cc1ccccc1.N#CC1(c2ccc(Br)cc2)CC1. The Morgan fingerprint density at radius 3 is 1.95 bits per heavy atom. The first kappa shape index (κ1) is 13.8. The molecule has 0 aromatic heterocycles. The van der Waals surface area contributed by atoms with Crippen LogP contribution in [0.4, 0.5) is 0 Å². The number of nitriles is 1. The lowest BCUT2D eigenvalue weighted by Crippen LogP contribution is -2.01. The van der Waals surface area contributed by atoms with Crippen LogP contribution < -0.4 is 0 Å². The Bertz CT molecular complexity index is 562. The monoisotopic (exact) mass is 313 g/mol. The first-order valence-corrected chi connectivity index (χ1v) is 7.14. The normalized spacial score (nSPS) is 14.8. The Balaban J connectivity index is 0.000000163. The van der Waals surface area contributed by atoms with Crippen LogP contribution in [0, 0.1) is 18.3 Å². The fourth-order valence-electron chi connectivity index (χ4n) is 1.89.